The van der Waals surface area contributed by atoms with Crippen LogP contribution < -0.4 is 0 Å². The molecule has 0 radical (unpaired) electrons. The van der Waals surface area contributed by atoms with E-state index >= 15 is 0 Å². The molecule has 1 rings (SSSR count). The van der Waals surface area contributed by atoms with E-state index in [-0.39, 0.29) is 5.91 Å². The number of amides is 1. The van der Waals surface area contributed by atoms with E-state index in [1.807, 2.05) is 27.1 Å². The molecule has 0 N–H and O–H groups in total. The Morgan fingerprint density at radius 2 is 2.36 bits per heavy atom. The number of hydrogen-bond donors (Lipinski definition) is 0. The van der Waals surface area contributed by atoms with Gasteiger partial charge in [0.25, 0.3) is 0 Å². The third-order valence-corrected chi connectivity index (χ3v) is 2.85. The summed E-state index contributed by atoms with van der Waals surface area (Å²) in [7, 11) is 1.84. The average Bonchev–Trinajstić information content (AvgIpc) is 2.51. The van der Waals surface area contributed by atoms with E-state index in [0.717, 1.165) is 16.3 Å². The van der Waals surface area contributed by atoms with Crippen LogP contribution in [0.5, 0.6) is 0 Å². The van der Waals surface area contributed by atoms with Crippen molar-refractivity contribution < 1.29 is 4.79 Å². The molecule has 14 heavy (non-hydrogen) atoms. The summed E-state index contributed by atoms with van der Waals surface area (Å²) in [6.45, 7) is 4.68. The fourth-order valence-electron chi connectivity index (χ4n) is 1.21. The van der Waals surface area contributed by atoms with Crippen LogP contribution in [0.15, 0.2) is 6.20 Å². The van der Waals surface area contributed by atoms with Crippen molar-refractivity contribution in [1.82, 2.24) is 9.88 Å². The first kappa shape index (κ1) is 11.2. The van der Waals surface area contributed by atoms with Crippen LogP contribution in [0.3, 0.4) is 0 Å². The van der Waals surface area contributed by atoms with Crippen molar-refractivity contribution in [3.63, 3.8) is 0 Å². The predicted octanol–water partition coefficient (Wildman–Crippen LogP) is 2.21. The van der Waals surface area contributed by atoms with Gasteiger partial charge in [-0.3, -0.25) is 4.79 Å². The summed E-state index contributed by atoms with van der Waals surface area (Å²) in [5.41, 5.74) is 0. The van der Waals surface area contributed by atoms with E-state index in [1.165, 1.54) is 0 Å². The Hall–Kier alpha value is -0.900. The quantitative estimate of drug-likeness (QED) is 0.766. The molecule has 1 aromatic heterocycles. The molecule has 1 aromatic rings. The van der Waals surface area contributed by atoms with Crippen LogP contribution in [0, 0.1) is 6.92 Å². The number of aryl methyl sites for hydroxylation is 1. The summed E-state index contributed by atoms with van der Waals surface area (Å²) < 4.78 is 0. The van der Waals surface area contributed by atoms with E-state index in [0.29, 0.717) is 13.0 Å². The van der Waals surface area contributed by atoms with Crippen LogP contribution in [-0.4, -0.2) is 22.8 Å². The van der Waals surface area contributed by atoms with Crippen molar-refractivity contribution in [3.05, 3.63) is 16.1 Å². The first-order valence-electron chi connectivity index (χ1n) is 4.78. The molecule has 0 aliphatic carbocycles. The summed E-state index contributed by atoms with van der Waals surface area (Å²) >= 11 is 1.65. The van der Waals surface area contributed by atoms with Gasteiger partial charge in [-0.05, 0) is 13.3 Å². The van der Waals surface area contributed by atoms with E-state index in [4.69, 9.17) is 0 Å². The maximum Gasteiger partial charge on any atom is 0.222 e. The molecule has 0 atom stereocenters. The Balaban J connectivity index is 2.48. The van der Waals surface area contributed by atoms with Crippen LogP contribution >= 0.6 is 11.3 Å². The zero-order chi connectivity index (χ0) is 10.6. The van der Waals surface area contributed by atoms with Gasteiger partial charge >= 0.3 is 0 Å². The number of thiazole rings is 1. The van der Waals surface area contributed by atoms with Gasteiger partial charge in [-0.1, -0.05) is 6.92 Å². The van der Waals surface area contributed by atoms with Crippen molar-refractivity contribution in [1.29, 1.82) is 0 Å². The van der Waals surface area contributed by atoms with Crippen LogP contribution in [-0.2, 0) is 11.3 Å². The summed E-state index contributed by atoms with van der Waals surface area (Å²) in [4.78, 5) is 18.5. The lowest BCUT2D eigenvalue weighted by atomic mass is 10.3. The second-order valence-electron chi connectivity index (χ2n) is 3.35. The summed E-state index contributed by atoms with van der Waals surface area (Å²) in [5, 5.41) is 1.05. The molecule has 1 amide bonds. The van der Waals surface area contributed by atoms with Gasteiger partial charge in [0, 0.05) is 24.5 Å². The summed E-state index contributed by atoms with van der Waals surface area (Å²) in [6.07, 6.45) is 3.38. The largest absolute Gasteiger partial charge is 0.341 e. The first-order valence-corrected chi connectivity index (χ1v) is 5.60. The summed E-state index contributed by atoms with van der Waals surface area (Å²) in [6, 6.07) is 0. The minimum atomic E-state index is 0.207. The Morgan fingerprint density at radius 1 is 1.64 bits per heavy atom. The molecular weight excluding hydrogens is 196 g/mol. The van der Waals surface area contributed by atoms with Crippen LogP contribution in [0.25, 0.3) is 0 Å². The minimum Gasteiger partial charge on any atom is -0.341 e. The molecule has 3 nitrogen and oxygen atoms in total. The van der Waals surface area contributed by atoms with E-state index in [1.54, 1.807) is 16.2 Å². The second-order valence-corrected chi connectivity index (χ2v) is 4.66. The molecule has 1 heterocycles. The second kappa shape index (κ2) is 5.10. The molecule has 78 valence electrons. The highest BCUT2D eigenvalue weighted by atomic mass is 32.1. The number of hydrogen-bond acceptors (Lipinski definition) is 3. The standard InChI is InChI=1S/C10H16N2OS/c1-4-5-10(13)12(3)7-9-6-11-8(2)14-9/h6H,4-5,7H2,1-3H3. The maximum absolute atomic E-state index is 11.5. The number of rotatable bonds is 4. The van der Waals surface area contributed by atoms with Crippen LogP contribution in [0.2, 0.25) is 0 Å². The number of carbonyl (C=O) groups excluding carboxylic acids is 1. The summed E-state index contributed by atoms with van der Waals surface area (Å²) in [5.74, 6) is 0.207. The molecule has 0 aromatic carbocycles. The lowest BCUT2D eigenvalue weighted by Crippen LogP contribution is -2.25. The SMILES string of the molecule is CCCC(=O)N(C)Cc1cnc(C)s1. The molecule has 0 fully saturated rings. The zero-order valence-corrected chi connectivity index (χ0v) is 9.73. The van der Waals surface area contributed by atoms with Crippen molar-refractivity contribution in [2.45, 2.75) is 33.2 Å². The van der Waals surface area contributed by atoms with Gasteiger partial charge in [0.05, 0.1) is 11.6 Å². The molecule has 0 spiro atoms. The van der Waals surface area contributed by atoms with Crippen molar-refractivity contribution in [3.8, 4) is 0 Å². The predicted molar refractivity (Wildman–Crippen MR) is 58.2 cm³/mol. The van der Waals surface area contributed by atoms with Gasteiger partial charge in [-0.2, -0.15) is 0 Å². The van der Waals surface area contributed by atoms with E-state index in [2.05, 4.69) is 4.98 Å². The third-order valence-electron chi connectivity index (χ3n) is 1.95. The number of carbonyl (C=O) groups is 1. The van der Waals surface area contributed by atoms with Crippen molar-refractivity contribution >= 4 is 17.2 Å². The van der Waals surface area contributed by atoms with Crippen LogP contribution in [0.1, 0.15) is 29.7 Å². The Kier molecular flexibility index (Phi) is 4.07. The average molecular weight is 212 g/mol. The molecule has 0 saturated heterocycles. The van der Waals surface area contributed by atoms with Gasteiger partial charge in [0.15, 0.2) is 0 Å². The highest BCUT2D eigenvalue weighted by Gasteiger charge is 2.08. The maximum atomic E-state index is 11.5. The highest BCUT2D eigenvalue weighted by molar-refractivity contribution is 7.11. The fraction of sp³-hybridized carbons (Fsp3) is 0.600. The Labute approximate surface area is 88.8 Å². The molecule has 0 bridgehead atoms. The molecule has 0 aliphatic heterocycles. The van der Waals surface area contributed by atoms with Crippen molar-refractivity contribution in [2.75, 3.05) is 7.05 Å². The van der Waals surface area contributed by atoms with Crippen LogP contribution in [0.4, 0.5) is 0 Å². The number of aromatic nitrogens is 1. The van der Waals surface area contributed by atoms with Gasteiger partial charge in [-0.25, -0.2) is 4.98 Å². The molecule has 0 aliphatic rings. The monoisotopic (exact) mass is 212 g/mol. The van der Waals surface area contributed by atoms with Crippen molar-refractivity contribution in [2.24, 2.45) is 0 Å². The lowest BCUT2D eigenvalue weighted by Gasteiger charge is -2.15. The molecule has 4 heteroatoms. The zero-order valence-electron chi connectivity index (χ0n) is 8.91. The smallest absolute Gasteiger partial charge is 0.222 e. The van der Waals surface area contributed by atoms with E-state index in [9.17, 15) is 4.79 Å². The molecule has 0 unspecified atom stereocenters. The molecule has 0 saturated carbocycles. The minimum absolute atomic E-state index is 0.207. The fourth-order valence-corrected chi connectivity index (χ4v) is 2.05. The normalized spacial score (nSPS) is 10.2. The topological polar surface area (TPSA) is 33.2 Å². The van der Waals surface area contributed by atoms with Gasteiger partial charge < -0.3 is 4.90 Å². The Morgan fingerprint density at radius 3 is 2.86 bits per heavy atom. The Bertz CT molecular complexity index is 309. The van der Waals surface area contributed by atoms with E-state index < -0.39 is 0 Å². The molecular formula is C10H16N2OS. The lowest BCUT2D eigenvalue weighted by molar-refractivity contribution is -0.130. The number of nitrogens with zero attached hydrogens (tertiary/aromatic N) is 2. The van der Waals surface area contributed by atoms with Gasteiger partial charge in [0.2, 0.25) is 5.91 Å². The third kappa shape index (κ3) is 3.10. The van der Waals surface area contributed by atoms with Gasteiger partial charge in [-0.15, -0.1) is 11.3 Å². The first-order chi connectivity index (χ1) is 6.63. The van der Waals surface area contributed by atoms with Gasteiger partial charge in [0.1, 0.15) is 0 Å². The highest BCUT2D eigenvalue weighted by Crippen LogP contribution is 2.13.